The molecule has 0 bridgehead atoms. The van der Waals surface area contributed by atoms with Crippen LogP contribution in [0.5, 0.6) is 5.75 Å². The molecule has 2 rings (SSSR count). The van der Waals surface area contributed by atoms with E-state index in [9.17, 15) is 14.4 Å². The van der Waals surface area contributed by atoms with Crippen LogP contribution in [0.2, 0.25) is 0 Å². The third kappa shape index (κ3) is 7.41. The average molecular weight is 420 g/mol. The van der Waals surface area contributed by atoms with Gasteiger partial charge in [0.1, 0.15) is 18.0 Å². The van der Waals surface area contributed by atoms with Crippen molar-refractivity contribution < 1.29 is 23.9 Å². The summed E-state index contributed by atoms with van der Waals surface area (Å²) in [7, 11) is 1.23. The Bertz CT molecular complexity index is 840. The molecule has 0 aliphatic carbocycles. The Kier molecular flexibility index (Phi) is 8.90. The number of anilines is 1. The van der Waals surface area contributed by atoms with Crippen molar-refractivity contribution >= 4 is 34.4 Å². The van der Waals surface area contributed by atoms with Gasteiger partial charge in [-0.1, -0.05) is 31.5 Å². The maximum atomic E-state index is 12.1. The highest BCUT2D eigenvalue weighted by atomic mass is 32.1. The molecule has 29 heavy (non-hydrogen) atoms. The number of ether oxygens (including phenoxy) is 2. The quantitative estimate of drug-likeness (QED) is 0.401. The Hall–Kier alpha value is -3.14. The molecule has 0 aliphatic rings. The minimum atomic E-state index is -0.565. The smallest absolute Gasteiger partial charge is 0.325 e. The molecule has 0 aliphatic heterocycles. The van der Waals surface area contributed by atoms with Crippen molar-refractivity contribution in [2.75, 3.05) is 25.6 Å². The summed E-state index contributed by atoms with van der Waals surface area (Å²) in [6, 6.07) is 7.05. The Labute approximate surface area is 172 Å². The third-order valence-electron chi connectivity index (χ3n) is 3.75. The first kappa shape index (κ1) is 22.2. The number of methoxy groups -OCH3 is 1. The van der Waals surface area contributed by atoms with Gasteiger partial charge in [0.15, 0.2) is 5.13 Å². The van der Waals surface area contributed by atoms with E-state index in [1.54, 1.807) is 0 Å². The molecule has 3 N–H and O–H groups in total. The van der Waals surface area contributed by atoms with Crippen LogP contribution in [-0.4, -0.2) is 43.2 Å². The minimum Gasteiger partial charge on any atom is -0.493 e. The Morgan fingerprint density at radius 2 is 1.97 bits per heavy atom. The maximum absolute atomic E-state index is 12.1. The summed E-state index contributed by atoms with van der Waals surface area (Å²) in [4.78, 5) is 39.1. The van der Waals surface area contributed by atoms with Gasteiger partial charge in [0.2, 0.25) is 0 Å². The molecule has 9 nitrogen and oxygen atoms in total. The zero-order chi connectivity index (χ0) is 21.1. The van der Waals surface area contributed by atoms with Crippen LogP contribution in [0.3, 0.4) is 0 Å². The van der Waals surface area contributed by atoms with Crippen LogP contribution in [0.4, 0.5) is 9.93 Å². The van der Waals surface area contributed by atoms with E-state index in [0.717, 1.165) is 35.5 Å². The fourth-order valence-electron chi connectivity index (χ4n) is 2.18. The highest BCUT2D eigenvalue weighted by Gasteiger charge is 2.14. The molecule has 1 aromatic heterocycles. The van der Waals surface area contributed by atoms with Crippen molar-refractivity contribution in [3.8, 4) is 5.75 Å². The van der Waals surface area contributed by atoms with Crippen LogP contribution in [0, 0.1) is 0 Å². The number of amides is 3. The number of carbonyl (C=O) groups is 3. The number of urea groups is 1. The molecule has 0 spiro atoms. The Morgan fingerprint density at radius 1 is 1.17 bits per heavy atom. The fourth-order valence-corrected chi connectivity index (χ4v) is 2.87. The average Bonchev–Trinajstić information content (AvgIpc) is 3.19. The van der Waals surface area contributed by atoms with Crippen LogP contribution in [0.1, 0.15) is 35.8 Å². The number of carbonyl (C=O) groups excluding carboxylic acids is 3. The number of unbranched alkanes of at least 4 members (excludes halogenated alkanes) is 1. The zero-order valence-electron chi connectivity index (χ0n) is 16.3. The lowest BCUT2D eigenvalue weighted by atomic mass is 10.2. The molecule has 0 unspecified atom stereocenters. The second kappa shape index (κ2) is 11.6. The van der Waals surface area contributed by atoms with E-state index in [1.165, 1.54) is 12.5 Å². The van der Waals surface area contributed by atoms with Gasteiger partial charge in [0.05, 0.1) is 13.7 Å². The lowest BCUT2D eigenvalue weighted by Gasteiger charge is -2.12. The Morgan fingerprint density at radius 3 is 2.72 bits per heavy atom. The zero-order valence-corrected chi connectivity index (χ0v) is 17.1. The lowest BCUT2D eigenvalue weighted by Crippen LogP contribution is -2.30. The van der Waals surface area contributed by atoms with Gasteiger partial charge in [-0.05, 0) is 12.5 Å². The molecule has 0 radical (unpaired) electrons. The van der Waals surface area contributed by atoms with Gasteiger partial charge < -0.3 is 20.1 Å². The number of hydrogen-bond donors (Lipinski definition) is 3. The van der Waals surface area contributed by atoms with E-state index in [2.05, 4.69) is 32.6 Å². The first-order valence-corrected chi connectivity index (χ1v) is 9.97. The van der Waals surface area contributed by atoms with E-state index < -0.39 is 17.9 Å². The maximum Gasteiger partial charge on any atom is 0.325 e. The molecule has 1 aromatic carbocycles. The summed E-state index contributed by atoms with van der Waals surface area (Å²) >= 11 is 1.10. The predicted octanol–water partition coefficient (Wildman–Crippen LogP) is 2.55. The first-order valence-electron chi connectivity index (χ1n) is 9.09. The van der Waals surface area contributed by atoms with E-state index in [-0.39, 0.29) is 23.9 Å². The molecular formula is C19H24N4O5S. The molecule has 2 aromatic rings. The van der Waals surface area contributed by atoms with Gasteiger partial charge in [-0.15, -0.1) is 11.3 Å². The summed E-state index contributed by atoms with van der Waals surface area (Å²) < 4.78 is 10.2. The third-order valence-corrected chi connectivity index (χ3v) is 4.50. The van der Waals surface area contributed by atoms with Crippen molar-refractivity contribution in [2.24, 2.45) is 0 Å². The van der Waals surface area contributed by atoms with Crippen molar-refractivity contribution in [2.45, 2.75) is 26.3 Å². The lowest BCUT2D eigenvalue weighted by molar-refractivity contribution is -0.139. The van der Waals surface area contributed by atoms with Gasteiger partial charge in [-0.25, -0.2) is 9.78 Å². The van der Waals surface area contributed by atoms with Crippen molar-refractivity contribution in [1.82, 2.24) is 15.6 Å². The van der Waals surface area contributed by atoms with Gasteiger partial charge in [0.25, 0.3) is 5.91 Å². The summed E-state index contributed by atoms with van der Waals surface area (Å²) in [5, 5.41) is 9.45. The van der Waals surface area contributed by atoms with Crippen LogP contribution in [-0.2, 0) is 16.1 Å². The Balaban J connectivity index is 1.84. The van der Waals surface area contributed by atoms with Crippen LogP contribution < -0.4 is 20.7 Å². The molecule has 10 heteroatoms. The number of nitrogens with zero attached hydrogens (tertiary/aromatic N) is 1. The second-order valence-electron chi connectivity index (χ2n) is 5.91. The topological polar surface area (TPSA) is 119 Å². The number of benzene rings is 1. The van der Waals surface area contributed by atoms with Gasteiger partial charge >= 0.3 is 12.0 Å². The van der Waals surface area contributed by atoms with Gasteiger partial charge in [-0.2, -0.15) is 0 Å². The largest absolute Gasteiger partial charge is 0.493 e. The molecule has 0 saturated heterocycles. The summed E-state index contributed by atoms with van der Waals surface area (Å²) in [5.74, 6) is -0.358. The van der Waals surface area contributed by atoms with E-state index in [4.69, 9.17) is 4.74 Å². The van der Waals surface area contributed by atoms with Crippen LogP contribution in [0.15, 0.2) is 29.6 Å². The highest BCUT2D eigenvalue weighted by molar-refractivity contribution is 7.14. The number of nitrogens with one attached hydrogen (secondary N) is 3. The number of rotatable bonds is 10. The highest BCUT2D eigenvalue weighted by Crippen LogP contribution is 2.19. The van der Waals surface area contributed by atoms with Gasteiger partial charge in [-0.3, -0.25) is 14.9 Å². The van der Waals surface area contributed by atoms with E-state index >= 15 is 0 Å². The normalized spacial score (nSPS) is 10.1. The molecule has 156 valence electrons. The van der Waals surface area contributed by atoms with E-state index in [0.29, 0.717) is 6.61 Å². The molecule has 0 fully saturated rings. The first-order chi connectivity index (χ1) is 14.0. The fraction of sp³-hybridized carbons (Fsp3) is 0.368. The monoisotopic (exact) mass is 420 g/mol. The summed E-state index contributed by atoms with van der Waals surface area (Å²) in [6.45, 7) is 2.75. The summed E-state index contributed by atoms with van der Waals surface area (Å²) in [6.07, 6.45) is 2.00. The number of thiazole rings is 1. The number of para-hydroxylation sites is 1. The van der Waals surface area contributed by atoms with Crippen LogP contribution >= 0.6 is 11.3 Å². The molecule has 3 amide bonds. The van der Waals surface area contributed by atoms with Crippen molar-refractivity contribution in [3.05, 3.63) is 40.9 Å². The standard InChI is InChI=1S/C19H24N4O5S/c1-3-4-9-28-15-8-6-5-7-13(15)10-21-18(26)23-19-22-14(12-29-19)17(25)20-11-16(24)27-2/h5-8,12H,3-4,9-11H2,1-2H3,(H,20,25)(H2,21,22,23,26). The molecule has 1 heterocycles. The minimum absolute atomic E-state index is 0.101. The number of esters is 1. The van der Waals surface area contributed by atoms with Crippen LogP contribution in [0.25, 0.3) is 0 Å². The second-order valence-corrected chi connectivity index (χ2v) is 6.77. The SMILES string of the molecule is CCCCOc1ccccc1CNC(=O)Nc1nc(C(=O)NCC(=O)OC)cs1. The number of hydrogen-bond acceptors (Lipinski definition) is 7. The van der Waals surface area contributed by atoms with Crippen molar-refractivity contribution in [1.29, 1.82) is 0 Å². The van der Waals surface area contributed by atoms with Gasteiger partial charge in [0, 0.05) is 17.5 Å². The van der Waals surface area contributed by atoms with E-state index in [1.807, 2.05) is 24.3 Å². The molecule has 0 saturated carbocycles. The molecule has 0 atom stereocenters. The summed E-state index contributed by atoms with van der Waals surface area (Å²) in [5.41, 5.74) is 0.963. The number of aromatic nitrogens is 1. The molecular weight excluding hydrogens is 396 g/mol. The van der Waals surface area contributed by atoms with Crippen molar-refractivity contribution in [3.63, 3.8) is 0 Å². The predicted molar refractivity (Wildman–Crippen MR) is 109 cm³/mol.